The van der Waals surface area contributed by atoms with Crippen molar-refractivity contribution in [3.63, 3.8) is 0 Å². The smallest absolute Gasteiger partial charge is 0.224 e. The van der Waals surface area contributed by atoms with Crippen molar-refractivity contribution in [2.24, 2.45) is 5.92 Å². The first kappa shape index (κ1) is 13.8. The minimum atomic E-state index is -2.00. The third kappa shape index (κ3) is 1.36. The van der Waals surface area contributed by atoms with Gasteiger partial charge in [-0.15, -0.1) is 0 Å². The molecule has 0 saturated carbocycles. The van der Waals surface area contributed by atoms with Crippen molar-refractivity contribution in [1.82, 2.24) is 4.90 Å². The number of nitrogens with zero attached hydrogens (tertiary/aromatic N) is 1. The van der Waals surface area contributed by atoms with Gasteiger partial charge in [0, 0.05) is 17.5 Å². The number of aliphatic hydroxyl groups is 2. The van der Waals surface area contributed by atoms with Gasteiger partial charge in [0.15, 0.2) is 17.6 Å². The van der Waals surface area contributed by atoms with E-state index in [9.17, 15) is 15.3 Å². The molecule has 1 saturated heterocycles. The highest BCUT2D eigenvalue weighted by molar-refractivity contribution is 5.62. The fraction of sp³-hybridized carbons (Fsp3) is 0.556. The summed E-state index contributed by atoms with van der Waals surface area (Å²) in [5.74, 6) is -1.28. The van der Waals surface area contributed by atoms with E-state index in [-0.39, 0.29) is 11.7 Å². The van der Waals surface area contributed by atoms with Gasteiger partial charge in [0.05, 0.1) is 5.41 Å². The molecular formula is C18H21NO4. The maximum atomic E-state index is 10.7. The number of likely N-dealkylation sites (tertiary alicyclic amines) is 1. The average molecular weight is 315 g/mol. The molecule has 2 aliphatic heterocycles. The maximum absolute atomic E-state index is 10.7. The van der Waals surface area contributed by atoms with Crippen molar-refractivity contribution in [3.8, 4) is 11.5 Å². The van der Waals surface area contributed by atoms with Crippen LogP contribution in [0.5, 0.6) is 11.5 Å². The Labute approximate surface area is 134 Å². The molecule has 4 aliphatic rings. The first-order chi connectivity index (χ1) is 10.9. The molecule has 1 fully saturated rings. The zero-order valence-electron chi connectivity index (χ0n) is 13.3. The minimum Gasteiger partial charge on any atom is -0.504 e. The molecule has 2 aliphatic carbocycles. The van der Waals surface area contributed by atoms with Crippen molar-refractivity contribution < 1.29 is 20.1 Å². The largest absolute Gasteiger partial charge is 0.504 e. The van der Waals surface area contributed by atoms with Crippen molar-refractivity contribution in [2.75, 3.05) is 13.6 Å². The van der Waals surface area contributed by atoms with E-state index in [2.05, 4.69) is 11.9 Å². The summed E-state index contributed by atoms with van der Waals surface area (Å²) >= 11 is 0. The van der Waals surface area contributed by atoms with E-state index in [0.29, 0.717) is 17.4 Å². The molecule has 0 amide bonds. The summed E-state index contributed by atoms with van der Waals surface area (Å²) < 4.78 is 6.02. The van der Waals surface area contributed by atoms with Gasteiger partial charge in [-0.25, -0.2) is 0 Å². The van der Waals surface area contributed by atoms with E-state index < -0.39 is 17.3 Å². The third-order valence-corrected chi connectivity index (χ3v) is 6.65. The number of phenolic OH excluding ortho intramolecular Hbond substituents is 1. The summed E-state index contributed by atoms with van der Waals surface area (Å²) in [6.07, 6.45) is 2.96. The molecule has 5 heteroatoms. The Kier molecular flexibility index (Phi) is 2.35. The third-order valence-electron chi connectivity index (χ3n) is 6.65. The molecule has 3 N–H and O–H groups in total. The minimum absolute atomic E-state index is 0.0945. The maximum Gasteiger partial charge on any atom is 0.224 e. The van der Waals surface area contributed by atoms with E-state index in [4.69, 9.17) is 4.74 Å². The number of aromatic hydroxyl groups is 1. The highest BCUT2D eigenvalue weighted by Gasteiger charge is 2.68. The molecule has 2 bridgehead atoms. The molecule has 1 aromatic rings. The molecule has 1 aromatic carbocycles. The Morgan fingerprint density at radius 1 is 1.30 bits per heavy atom. The van der Waals surface area contributed by atoms with Gasteiger partial charge in [0.2, 0.25) is 5.79 Å². The van der Waals surface area contributed by atoms with Gasteiger partial charge in [0.1, 0.15) is 0 Å². The average Bonchev–Trinajstić information content (AvgIpc) is 2.86. The van der Waals surface area contributed by atoms with Crippen LogP contribution in [0.2, 0.25) is 0 Å². The topological polar surface area (TPSA) is 73.2 Å². The van der Waals surface area contributed by atoms with Crippen LogP contribution in [0.1, 0.15) is 24.5 Å². The molecule has 122 valence electrons. The molecule has 2 heterocycles. The molecule has 0 aromatic heterocycles. The summed E-state index contributed by atoms with van der Waals surface area (Å²) in [6.45, 7) is 2.64. The second-order valence-corrected chi connectivity index (χ2v) is 7.59. The van der Waals surface area contributed by atoms with Crippen LogP contribution in [0, 0.1) is 5.92 Å². The number of likely N-dealkylation sites (N-methyl/N-ethyl adjacent to an activating group) is 1. The molecule has 0 unspecified atom stereocenters. The number of piperidine rings is 1. The lowest BCUT2D eigenvalue weighted by Gasteiger charge is -2.58. The van der Waals surface area contributed by atoms with Gasteiger partial charge in [-0.1, -0.05) is 12.1 Å². The summed E-state index contributed by atoms with van der Waals surface area (Å²) in [5.41, 5.74) is 2.26. The monoisotopic (exact) mass is 315 g/mol. The zero-order valence-corrected chi connectivity index (χ0v) is 13.3. The van der Waals surface area contributed by atoms with E-state index in [1.165, 1.54) is 0 Å². The summed E-state index contributed by atoms with van der Waals surface area (Å²) in [6, 6.07) is 3.95. The second kappa shape index (κ2) is 3.91. The van der Waals surface area contributed by atoms with Gasteiger partial charge in [-0.3, -0.25) is 0 Å². The standard InChI is InChI=1S/C18H21NO4/c1-9-7-11-12-8-10-3-4-13(20)15-14(10)17(11,5-6-19(12)2)16(23-15)18(9,21)22/h3-4,7,11-12,16,20-22H,5-6,8H2,1-2H3/t11-,12+,16+,17-/m0/s1. The van der Waals surface area contributed by atoms with Crippen LogP contribution in [0.25, 0.3) is 0 Å². The number of ether oxygens (including phenoxy) is 1. The Balaban J connectivity index is 1.86. The quantitative estimate of drug-likeness (QED) is 0.490. The summed E-state index contributed by atoms with van der Waals surface area (Å²) in [5, 5.41) is 31.8. The van der Waals surface area contributed by atoms with Gasteiger partial charge >= 0.3 is 0 Å². The SMILES string of the molecule is CC1=C[C@H]2[C@H]3Cc4ccc(O)c5c4[C@@]2(CCN3C)[C@@H](O5)C1(O)O. The van der Waals surface area contributed by atoms with Crippen molar-refractivity contribution in [2.45, 2.75) is 43.1 Å². The molecule has 5 nitrogen and oxygen atoms in total. The zero-order chi connectivity index (χ0) is 16.1. The Hall–Kier alpha value is -1.56. The van der Waals surface area contributed by atoms with Crippen LogP contribution in [-0.4, -0.2) is 51.7 Å². The second-order valence-electron chi connectivity index (χ2n) is 7.59. The fourth-order valence-electron chi connectivity index (χ4n) is 5.48. The lowest BCUT2D eigenvalue weighted by molar-refractivity contribution is -0.220. The van der Waals surface area contributed by atoms with Gasteiger partial charge in [-0.2, -0.15) is 0 Å². The first-order valence-electron chi connectivity index (χ1n) is 8.23. The van der Waals surface area contributed by atoms with Crippen molar-refractivity contribution in [3.05, 3.63) is 34.9 Å². The highest BCUT2D eigenvalue weighted by atomic mass is 16.6. The van der Waals surface area contributed by atoms with E-state index in [1.54, 1.807) is 13.0 Å². The van der Waals surface area contributed by atoms with Crippen LogP contribution in [0.4, 0.5) is 0 Å². The molecule has 0 radical (unpaired) electrons. The van der Waals surface area contributed by atoms with Gasteiger partial charge in [0.25, 0.3) is 0 Å². The normalized spacial score (nSPS) is 39.5. The molecule has 1 spiro atoms. The Morgan fingerprint density at radius 2 is 2.09 bits per heavy atom. The van der Waals surface area contributed by atoms with Crippen LogP contribution < -0.4 is 4.74 Å². The van der Waals surface area contributed by atoms with E-state index in [0.717, 1.165) is 30.5 Å². The number of rotatable bonds is 0. The summed E-state index contributed by atoms with van der Waals surface area (Å²) in [7, 11) is 2.14. The lowest BCUT2D eigenvalue weighted by Crippen LogP contribution is -2.68. The van der Waals surface area contributed by atoms with Gasteiger partial charge in [-0.05, 0) is 50.6 Å². The van der Waals surface area contributed by atoms with E-state index in [1.807, 2.05) is 12.1 Å². The number of hydrogen-bond donors (Lipinski definition) is 3. The molecule has 5 rings (SSSR count). The fourth-order valence-corrected chi connectivity index (χ4v) is 5.48. The number of phenols is 1. The Bertz CT molecular complexity index is 756. The lowest BCUT2D eigenvalue weighted by atomic mass is 9.52. The van der Waals surface area contributed by atoms with Crippen molar-refractivity contribution >= 4 is 0 Å². The summed E-state index contributed by atoms with van der Waals surface area (Å²) in [4.78, 5) is 2.37. The molecule has 4 atom stereocenters. The molecule has 23 heavy (non-hydrogen) atoms. The van der Waals surface area contributed by atoms with Gasteiger partial charge < -0.3 is 25.0 Å². The predicted molar refractivity (Wildman–Crippen MR) is 83.4 cm³/mol. The Morgan fingerprint density at radius 3 is 2.87 bits per heavy atom. The molecular weight excluding hydrogens is 294 g/mol. The predicted octanol–water partition coefficient (Wildman–Crippen LogP) is 0.908. The highest BCUT2D eigenvalue weighted by Crippen LogP contribution is 2.64. The van der Waals surface area contributed by atoms with Crippen LogP contribution in [-0.2, 0) is 11.8 Å². The van der Waals surface area contributed by atoms with Crippen LogP contribution in [0.3, 0.4) is 0 Å². The van der Waals surface area contributed by atoms with E-state index >= 15 is 0 Å². The number of benzene rings is 1. The van der Waals surface area contributed by atoms with Crippen LogP contribution >= 0.6 is 0 Å². The number of hydrogen-bond acceptors (Lipinski definition) is 5. The van der Waals surface area contributed by atoms with Crippen LogP contribution in [0.15, 0.2) is 23.8 Å². The first-order valence-corrected chi connectivity index (χ1v) is 8.23. The van der Waals surface area contributed by atoms with Crippen molar-refractivity contribution in [1.29, 1.82) is 0 Å².